The Morgan fingerprint density at radius 1 is 1.00 bits per heavy atom. The molecule has 0 saturated heterocycles. The van der Waals surface area contributed by atoms with E-state index in [4.69, 9.17) is 0 Å². The van der Waals surface area contributed by atoms with E-state index >= 15 is 0 Å². The first-order valence-corrected chi connectivity index (χ1v) is 4.99. The van der Waals surface area contributed by atoms with Crippen molar-refractivity contribution in [2.75, 3.05) is 0 Å². The van der Waals surface area contributed by atoms with Gasteiger partial charge in [0.15, 0.2) is 17.5 Å². The fourth-order valence-electron chi connectivity index (χ4n) is 1.28. The first-order chi connectivity index (χ1) is 6.37. The van der Waals surface area contributed by atoms with Crippen molar-refractivity contribution in [2.45, 2.75) is 26.7 Å². The lowest BCUT2D eigenvalue weighted by molar-refractivity contribution is 0.433. The van der Waals surface area contributed by atoms with Crippen LogP contribution in [-0.4, -0.2) is 0 Å². The molecule has 0 heterocycles. The molecular formula is C10H10BrF3. The number of benzene rings is 1. The maximum atomic E-state index is 13.3. The van der Waals surface area contributed by atoms with Crippen LogP contribution < -0.4 is 0 Å². The zero-order valence-corrected chi connectivity index (χ0v) is 9.68. The van der Waals surface area contributed by atoms with E-state index in [1.54, 1.807) is 13.8 Å². The fraction of sp³-hybridized carbons (Fsp3) is 0.400. The molecule has 4 heteroatoms. The highest BCUT2D eigenvalue weighted by Gasteiger charge is 2.22. The molecule has 1 aromatic rings. The Morgan fingerprint density at radius 2 is 1.50 bits per heavy atom. The van der Waals surface area contributed by atoms with Crippen LogP contribution in [0.15, 0.2) is 4.47 Å². The van der Waals surface area contributed by atoms with Crippen LogP contribution in [0.3, 0.4) is 0 Å². The minimum absolute atomic E-state index is 0.104. The molecule has 0 amide bonds. The van der Waals surface area contributed by atoms with E-state index in [-0.39, 0.29) is 17.0 Å². The molecule has 0 aromatic heterocycles. The Balaban J connectivity index is 3.60. The summed E-state index contributed by atoms with van der Waals surface area (Å²) in [6.07, 6.45) is 0. The third-order valence-corrected chi connectivity index (χ3v) is 3.12. The lowest BCUT2D eigenvalue weighted by Gasteiger charge is -2.13. The van der Waals surface area contributed by atoms with Crippen LogP contribution in [0.25, 0.3) is 0 Å². The maximum Gasteiger partial charge on any atom is 0.195 e. The molecule has 0 atom stereocenters. The van der Waals surface area contributed by atoms with Gasteiger partial charge in [-0.05, 0) is 12.8 Å². The number of rotatable bonds is 1. The van der Waals surface area contributed by atoms with E-state index in [9.17, 15) is 13.2 Å². The van der Waals surface area contributed by atoms with Gasteiger partial charge in [-0.1, -0.05) is 29.8 Å². The van der Waals surface area contributed by atoms with E-state index < -0.39 is 17.5 Å². The molecule has 0 N–H and O–H groups in total. The summed E-state index contributed by atoms with van der Waals surface area (Å²) in [5.41, 5.74) is 0.286. The largest absolute Gasteiger partial charge is 0.203 e. The lowest BCUT2D eigenvalue weighted by Crippen LogP contribution is -2.04. The molecule has 0 radical (unpaired) electrons. The zero-order chi connectivity index (χ0) is 11.0. The highest BCUT2D eigenvalue weighted by atomic mass is 79.9. The van der Waals surface area contributed by atoms with Crippen molar-refractivity contribution in [3.63, 3.8) is 0 Å². The Morgan fingerprint density at radius 3 is 1.93 bits per heavy atom. The van der Waals surface area contributed by atoms with Gasteiger partial charge in [-0.2, -0.15) is 0 Å². The van der Waals surface area contributed by atoms with Gasteiger partial charge in [0.2, 0.25) is 0 Å². The molecular weight excluding hydrogens is 257 g/mol. The molecule has 0 fully saturated rings. The molecule has 78 valence electrons. The Kier molecular flexibility index (Phi) is 3.24. The molecule has 1 rings (SSSR count). The Bertz CT molecular complexity index is 343. The SMILES string of the molecule is Cc1c(F)c(F)c(F)c(C(C)C)c1Br. The fourth-order valence-corrected chi connectivity index (χ4v) is 2.09. The molecule has 0 aliphatic rings. The van der Waals surface area contributed by atoms with Gasteiger partial charge >= 0.3 is 0 Å². The Hall–Kier alpha value is -0.510. The molecule has 0 nitrogen and oxygen atoms in total. The van der Waals surface area contributed by atoms with E-state index in [0.717, 1.165) is 0 Å². The summed E-state index contributed by atoms with van der Waals surface area (Å²) in [4.78, 5) is 0. The van der Waals surface area contributed by atoms with Crippen molar-refractivity contribution in [2.24, 2.45) is 0 Å². The van der Waals surface area contributed by atoms with E-state index in [2.05, 4.69) is 15.9 Å². The minimum Gasteiger partial charge on any atom is -0.203 e. The van der Waals surface area contributed by atoms with Crippen LogP contribution in [0.4, 0.5) is 13.2 Å². The second-order valence-electron chi connectivity index (χ2n) is 3.45. The monoisotopic (exact) mass is 266 g/mol. The standard InChI is InChI=1S/C10H10BrF3/c1-4(2)6-7(11)5(3)8(12)10(14)9(6)13/h4H,1-3H3. The maximum absolute atomic E-state index is 13.3. The van der Waals surface area contributed by atoms with Crippen molar-refractivity contribution in [1.29, 1.82) is 0 Å². The number of hydrogen-bond acceptors (Lipinski definition) is 0. The smallest absolute Gasteiger partial charge is 0.195 e. The van der Waals surface area contributed by atoms with Crippen LogP contribution in [0.2, 0.25) is 0 Å². The summed E-state index contributed by atoms with van der Waals surface area (Å²) in [5.74, 6) is -3.82. The molecule has 0 bridgehead atoms. The average molecular weight is 267 g/mol. The highest BCUT2D eigenvalue weighted by molar-refractivity contribution is 9.10. The van der Waals surface area contributed by atoms with Gasteiger partial charge in [0.1, 0.15) is 0 Å². The van der Waals surface area contributed by atoms with Crippen molar-refractivity contribution in [1.82, 2.24) is 0 Å². The molecule has 0 unspecified atom stereocenters. The van der Waals surface area contributed by atoms with E-state index in [1.807, 2.05) is 0 Å². The summed E-state index contributed by atoms with van der Waals surface area (Å²) in [5, 5.41) is 0. The molecule has 0 spiro atoms. The summed E-state index contributed by atoms with van der Waals surface area (Å²) in [6.45, 7) is 4.85. The lowest BCUT2D eigenvalue weighted by atomic mass is 10.00. The predicted molar refractivity (Wildman–Crippen MR) is 52.8 cm³/mol. The topological polar surface area (TPSA) is 0 Å². The molecule has 0 aliphatic carbocycles. The third-order valence-electron chi connectivity index (χ3n) is 2.09. The summed E-state index contributed by atoms with van der Waals surface area (Å²) in [6, 6.07) is 0. The minimum atomic E-state index is -1.39. The number of hydrogen-bond donors (Lipinski definition) is 0. The van der Waals surface area contributed by atoms with Crippen molar-refractivity contribution < 1.29 is 13.2 Å². The van der Waals surface area contributed by atoms with Gasteiger partial charge in [0.25, 0.3) is 0 Å². The summed E-state index contributed by atoms with van der Waals surface area (Å²) >= 11 is 3.07. The van der Waals surface area contributed by atoms with Gasteiger partial charge < -0.3 is 0 Å². The van der Waals surface area contributed by atoms with Crippen molar-refractivity contribution in [3.8, 4) is 0 Å². The normalized spacial score (nSPS) is 11.1. The molecule has 0 aliphatic heterocycles. The van der Waals surface area contributed by atoms with E-state index in [0.29, 0.717) is 4.47 Å². The van der Waals surface area contributed by atoms with Gasteiger partial charge in [0, 0.05) is 15.6 Å². The summed E-state index contributed by atoms with van der Waals surface area (Å²) in [7, 11) is 0. The third kappa shape index (κ3) is 1.67. The van der Waals surface area contributed by atoms with E-state index in [1.165, 1.54) is 6.92 Å². The van der Waals surface area contributed by atoms with Crippen molar-refractivity contribution in [3.05, 3.63) is 33.1 Å². The van der Waals surface area contributed by atoms with Gasteiger partial charge in [-0.25, -0.2) is 13.2 Å². The van der Waals surface area contributed by atoms with Crippen LogP contribution in [0.5, 0.6) is 0 Å². The average Bonchev–Trinajstić information content (AvgIpc) is 2.11. The highest BCUT2D eigenvalue weighted by Crippen LogP contribution is 2.33. The molecule has 0 saturated carbocycles. The number of halogens is 4. The van der Waals surface area contributed by atoms with Gasteiger partial charge in [-0.15, -0.1) is 0 Å². The zero-order valence-electron chi connectivity index (χ0n) is 8.09. The Labute approximate surface area is 89.3 Å². The molecule has 14 heavy (non-hydrogen) atoms. The second kappa shape index (κ2) is 3.93. The van der Waals surface area contributed by atoms with Crippen LogP contribution >= 0.6 is 15.9 Å². The molecule has 1 aromatic carbocycles. The summed E-state index contributed by atoms with van der Waals surface area (Å²) < 4.78 is 39.7. The second-order valence-corrected chi connectivity index (χ2v) is 4.24. The van der Waals surface area contributed by atoms with Crippen molar-refractivity contribution >= 4 is 15.9 Å². The predicted octanol–water partition coefficient (Wildman–Crippen LogP) is 4.30. The van der Waals surface area contributed by atoms with Crippen LogP contribution in [0.1, 0.15) is 30.9 Å². The van der Waals surface area contributed by atoms with Gasteiger partial charge in [0.05, 0.1) is 0 Å². The first kappa shape index (κ1) is 11.6. The first-order valence-electron chi connectivity index (χ1n) is 4.20. The van der Waals surface area contributed by atoms with Crippen LogP contribution in [-0.2, 0) is 0 Å². The van der Waals surface area contributed by atoms with Gasteiger partial charge in [-0.3, -0.25) is 0 Å². The van der Waals surface area contributed by atoms with Crippen LogP contribution in [0, 0.1) is 24.4 Å². The quantitative estimate of drug-likeness (QED) is 0.525.